The third-order valence-corrected chi connectivity index (χ3v) is 3.61. The quantitative estimate of drug-likeness (QED) is 0.594. The third-order valence-electron chi connectivity index (χ3n) is 3.61. The molecule has 2 aliphatic heterocycles. The van der Waals surface area contributed by atoms with Crippen molar-refractivity contribution < 1.29 is 24.5 Å². The van der Waals surface area contributed by atoms with Crippen LogP contribution >= 0.6 is 0 Å². The van der Waals surface area contributed by atoms with Crippen molar-refractivity contribution in [3.63, 3.8) is 0 Å². The zero-order valence-electron chi connectivity index (χ0n) is 10.7. The first kappa shape index (κ1) is 14.2. The molecule has 0 unspecified atom stereocenters. The molecule has 7 heteroatoms. The Morgan fingerprint density at radius 3 is 2.63 bits per heavy atom. The fourth-order valence-corrected chi connectivity index (χ4v) is 2.56. The predicted molar refractivity (Wildman–Crippen MR) is 65.6 cm³/mol. The Bertz CT molecular complexity index is 343. The molecule has 2 fully saturated rings. The molecule has 0 saturated carbocycles. The minimum atomic E-state index is -1.08. The SMILES string of the molecule is O=C(O)[C@H]1C[C@@H](O)CN1C(=O)COC1CCNCC1. The Kier molecular flexibility index (Phi) is 4.73. The second-order valence-corrected chi connectivity index (χ2v) is 5.05. The van der Waals surface area contributed by atoms with Gasteiger partial charge in [0.2, 0.25) is 5.91 Å². The lowest BCUT2D eigenvalue weighted by Gasteiger charge is -2.25. The summed E-state index contributed by atoms with van der Waals surface area (Å²) in [5, 5.41) is 21.7. The van der Waals surface area contributed by atoms with Crippen molar-refractivity contribution in [1.82, 2.24) is 10.2 Å². The van der Waals surface area contributed by atoms with Gasteiger partial charge in [0.15, 0.2) is 0 Å². The Hall–Kier alpha value is -1.18. The summed E-state index contributed by atoms with van der Waals surface area (Å²) in [6.45, 7) is 1.71. The Morgan fingerprint density at radius 1 is 1.32 bits per heavy atom. The molecule has 3 N–H and O–H groups in total. The van der Waals surface area contributed by atoms with E-state index in [-0.39, 0.29) is 31.6 Å². The van der Waals surface area contributed by atoms with Crippen LogP contribution in [0, 0.1) is 0 Å². The van der Waals surface area contributed by atoms with Crippen LogP contribution in [0.4, 0.5) is 0 Å². The number of carbonyl (C=O) groups excluding carboxylic acids is 1. The van der Waals surface area contributed by atoms with Crippen molar-refractivity contribution in [2.75, 3.05) is 26.2 Å². The molecule has 2 saturated heterocycles. The van der Waals surface area contributed by atoms with Crippen molar-refractivity contribution in [2.24, 2.45) is 0 Å². The van der Waals surface area contributed by atoms with E-state index in [4.69, 9.17) is 9.84 Å². The number of aliphatic hydroxyl groups excluding tert-OH is 1. The first-order chi connectivity index (χ1) is 9.08. The summed E-state index contributed by atoms with van der Waals surface area (Å²) in [5.41, 5.74) is 0. The maximum atomic E-state index is 12.0. The predicted octanol–water partition coefficient (Wildman–Crippen LogP) is -1.20. The summed E-state index contributed by atoms with van der Waals surface area (Å²) in [6.07, 6.45) is 1.11. The van der Waals surface area contributed by atoms with E-state index in [1.165, 1.54) is 4.90 Å². The number of carboxylic acid groups (broad SMARTS) is 1. The number of hydrogen-bond donors (Lipinski definition) is 3. The molecule has 2 heterocycles. The number of hydrogen-bond acceptors (Lipinski definition) is 5. The molecule has 2 aliphatic rings. The number of nitrogens with zero attached hydrogens (tertiary/aromatic N) is 1. The fourth-order valence-electron chi connectivity index (χ4n) is 2.56. The van der Waals surface area contributed by atoms with E-state index < -0.39 is 18.1 Å². The molecule has 1 amide bonds. The maximum Gasteiger partial charge on any atom is 0.326 e. The van der Waals surface area contributed by atoms with Gasteiger partial charge < -0.3 is 25.2 Å². The van der Waals surface area contributed by atoms with E-state index in [9.17, 15) is 14.7 Å². The van der Waals surface area contributed by atoms with Crippen LogP contribution in [0.25, 0.3) is 0 Å². The molecule has 0 radical (unpaired) electrons. The van der Waals surface area contributed by atoms with Gasteiger partial charge in [0, 0.05) is 13.0 Å². The topological polar surface area (TPSA) is 99.1 Å². The van der Waals surface area contributed by atoms with E-state index in [0.29, 0.717) is 0 Å². The van der Waals surface area contributed by atoms with Crippen molar-refractivity contribution >= 4 is 11.9 Å². The molecule has 2 atom stereocenters. The largest absolute Gasteiger partial charge is 0.480 e. The summed E-state index contributed by atoms with van der Waals surface area (Å²) in [4.78, 5) is 24.2. The van der Waals surface area contributed by atoms with Gasteiger partial charge in [-0.1, -0.05) is 0 Å². The molecule has 2 rings (SSSR count). The number of aliphatic hydroxyl groups is 1. The van der Waals surface area contributed by atoms with E-state index >= 15 is 0 Å². The van der Waals surface area contributed by atoms with Crippen LogP contribution in [-0.4, -0.2) is 71.5 Å². The lowest BCUT2D eigenvalue weighted by Crippen LogP contribution is -2.43. The monoisotopic (exact) mass is 272 g/mol. The Labute approximate surface area is 111 Å². The Balaban J connectivity index is 1.82. The number of rotatable bonds is 4. The van der Waals surface area contributed by atoms with E-state index in [2.05, 4.69) is 5.32 Å². The van der Waals surface area contributed by atoms with Crippen LogP contribution in [0.3, 0.4) is 0 Å². The number of amides is 1. The smallest absolute Gasteiger partial charge is 0.326 e. The van der Waals surface area contributed by atoms with Gasteiger partial charge >= 0.3 is 5.97 Å². The lowest BCUT2D eigenvalue weighted by atomic mass is 10.1. The highest BCUT2D eigenvalue weighted by atomic mass is 16.5. The van der Waals surface area contributed by atoms with Gasteiger partial charge in [-0.3, -0.25) is 4.79 Å². The average Bonchev–Trinajstić information content (AvgIpc) is 2.79. The number of aliphatic carboxylic acids is 1. The molecule has 108 valence electrons. The lowest BCUT2D eigenvalue weighted by molar-refractivity contribution is -0.151. The number of ether oxygens (including phenoxy) is 1. The van der Waals surface area contributed by atoms with Gasteiger partial charge in [0.05, 0.1) is 12.2 Å². The highest BCUT2D eigenvalue weighted by Gasteiger charge is 2.38. The molecule has 0 aromatic carbocycles. The van der Waals surface area contributed by atoms with Gasteiger partial charge in [-0.15, -0.1) is 0 Å². The third kappa shape index (κ3) is 3.65. The fraction of sp³-hybridized carbons (Fsp3) is 0.833. The highest BCUT2D eigenvalue weighted by molar-refractivity contribution is 5.85. The van der Waals surface area contributed by atoms with Crippen LogP contribution in [0.15, 0.2) is 0 Å². The van der Waals surface area contributed by atoms with E-state index in [1.807, 2.05) is 0 Å². The number of likely N-dealkylation sites (tertiary alicyclic amines) is 1. The number of nitrogens with one attached hydrogen (secondary N) is 1. The standard InChI is InChI=1S/C12H20N2O5/c15-8-5-10(12(17)18)14(6-8)11(16)7-19-9-1-3-13-4-2-9/h8-10,13,15H,1-7H2,(H,17,18)/t8-,10-/m1/s1. The molecule has 0 aromatic heterocycles. The van der Waals surface area contributed by atoms with Crippen LogP contribution in [-0.2, 0) is 14.3 Å². The second kappa shape index (κ2) is 6.31. The van der Waals surface area contributed by atoms with Gasteiger partial charge in [0.25, 0.3) is 0 Å². The maximum absolute atomic E-state index is 12.0. The zero-order valence-corrected chi connectivity index (χ0v) is 10.7. The minimum absolute atomic E-state index is 0.0565. The summed E-state index contributed by atoms with van der Waals surface area (Å²) >= 11 is 0. The molecule has 0 bridgehead atoms. The second-order valence-electron chi connectivity index (χ2n) is 5.05. The van der Waals surface area contributed by atoms with Gasteiger partial charge in [0.1, 0.15) is 12.6 Å². The summed E-state index contributed by atoms with van der Waals surface area (Å²) < 4.78 is 5.51. The number of β-amino-alcohol motifs (C(OH)–C–C–N with tert-alkyl or cyclic N) is 1. The number of carbonyl (C=O) groups is 2. The minimum Gasteiger partial charge on any atom is -0.480 e. The Morgan fingerprint density at radius 2 is 2.00 bits per heavy atom. The van der Waals surface area contributed by atoms with Gasteiger partial charge in [-0.2, -0.15) is 0 Å². The molecule has 0 aliphatic carbocycles. The van der Waals surface area contributed by atoms with Crippen LogP contribution in [0.5, 0.6) is 0 Å². The summed E-state index contributed by atoms with van der Waals surface area (Å²) in [5.74, 6) is -1.44. The van der Waals surface area contributed by atoms with E-state index in [1.54, 1.807) is 0 Å². The van der Waals surface area contributed by atoms with Crippen molar-refractivity contribution in [2.45, 2.75) is 37.5 Å². The van der Waals surface area contributed by atoms with Crippen molar-refractivity contribution in [1.29, 1.82) is 0 Å². The number of carboxylic acids is 1. The molecule has 0 spiro atoms. The zero-order chi connectivity index (χ0) is 13.8. The highest BCUT2D eigenvalue weighted by Crippen LogP contribution is 2.18. The first-order valence-corrected chi connectivity index (χ1v) is 6.60. The van der Waals surface area contributed by atoms with Crippen molar-refractivity contribution in [3.05, 3.63) is 0 Å². The first-order valence-electron chi connectivity index (χ1n) is 6.60. The summed E-state index contributed by atoms with van der Waals surface area (Å²) in [6, 6.07) is -0.931. The molecular weight excluding hydrogens is 252 g/mol. The normalized spacial score (nSPS) is 28.6. The van der Waals surface area contributed by atoms with E-state index in [0.717, 1.165) is 25.9 Å². The molecule has 19 heavy (non-hydrogen) atoms. The van der Waals surface area contributed by atoms with Crippen LogP contribution in [0.1, 0.15) is 19.3 Å². The van der Waals surface area contributed by atoms with Gasteiger partial charge in [-0.25, -0.2) is 4.79 Å². The molecular formula is C12H20N2O5. The molecule has 7 nitrogen and oxygen atoms in total. The number of piperidine rings is 1. The van der Waals surface area contributed by atoms with Gasteiger partial charge in [-0.05, 0) is 25.9 Å². The summed E-state index contributed by atoms with van der Waals surface area (Å²) in [7, 11) is 0. The van der Waals surface area contributed by atoms with Crippen LogP contribution in [0.2, 0.25) is 0 Å². The van der Waals surface area contributed by atoms with Crippen molar-refractivity contribution in [3.8, 4) is 0 Å². The molecule has 0 aromatic rings. The van der Waals surface area contributed by atoms with Crippen LogP contribution < -0.4 is 5.32 Å². The average molecular weight is 272 g/mol.